The number of hydrogen-bond donors (Lipinski definition) is 2. The van der Waals surface area contributed by atoms with Gasteiger partial charge in [0.05, 0.1) is 34.3 Å². The first-order chi connectivity index (χ1) is 15.5. The van der Waals surface area contributed by atoms with Crippen molar-refractivity contribution in [3.05, 3.63) is 107 Å². The van der Waals surface area contributed by atoms with Crippen molar-refractivity contribution in [1.82, 2.24) is 10.3 Å². The van der Waals surface area contributed by atoms with Gasteiger partial charge >= 0.3 is 0 Å². The fourth-order valence-corrected chi connectivity index (χ4v) is 3.77. The Morgan fingerprint density at radius 3 is 2.44 bits per heavy atom. The molecule has 5 nitrogen and oxygen atoms in total. The van der Waals surface area contributed by atoms with Gasteiger partial charge in [-0.3, -0.25) is 14.6 Å². The molecule has 0 fully saturated rings. The van der Waals surface area contributed by atoms with Crippen LogP contribution in [0, 0.1) is 6.92 Å². The summed E-state index contributed by atoms with van der Waals surface area (Å²) in [6.45, 7) is 1.91. The fourth-order valence-electron chi connectivity index (χ4n) is 3.55. The van der Waals surface area contributed by atoms with E-state index < -0.39 is 6.04 Å². The van der Waals surface area contributed by atoms with Crippen molar-refractivity contribution in [1.29, 1.82) is 0 Å². The van der Waals surface area contributed by atoms with Gasteiger partial charge in [-0.15, -0.1) is 0 Å². The number of nitrogens with zero attached hydrogens (tertiary/aromatic N) is 1. The van der Waals surface area contributed by atoms with Crippen molar-refractivity contribution in [2.45, 2.75) is 19.4 Å². The summed E-state index contributed by atoms with van der Waals surface area (Å²) in [5, 5.41) is 7.22. The van der Waals surface area contributed by atoms with Gasteiger partial charge in [0.2, 0.25) is 5.91 Å². The Balaban J connectivity index is 1.56. The zero-order valence-electron chi connectivity index (χ0n) is 17.5. The maximum absolute atomic E-state index is 13.0. The number of benzene rings is 3. The Bertz CT molecular complexity index is 1270. The minimum absolute atomic E-state index is 0.0579. The van der Waals surface area contributed by atoms with Crippen LogP contribution in [-0.2, 0) is 4.79 Å². The summed E-state index contributed by atoms with van der Waals surface area (Å²) >= 11 is 6.18. The third-order valence-electron chi connectivity index (χ3n) is 5.15. The second-order valence-electron chi connectivity index (χ2n) is 7.50. The molecule has 2 amide bonds. The summed E-state index contributed by atoms with van der Waals surface area (Å²) in [7, 11) is 0. The summed E-state index contributed by atoms with van der Waals surface area (Å²) in [6.07, 6.45) is 0.0579. The molecule has 0 saturated heterocycles. The summed E-state index contributed by atoms with van der Waals surface area (Å²) in [5.74, 6) is -0.561. The molecule has 2 N–H and O–H groups in total. The lowest BCUT2D eigenvalue weighted by atomic mass is 10.0. The van der Waals surface area contributed by atoms with Gasteiger partial charge in [-0.1, -0.05) is 72.3 Å². The first-order valence-electron chi connectivity index (χ1n) is 10.3. The highest BCUT2D eigenvalue weighted by atomic mass is 35.5. The first kappa shape index (κ1) is 21.5. The van der Waals surface area contributed by atoms with Crippen LogP contribution in [0.25, 0.3) is 10.9 Å². The van der Waals surface area contributed by atoms with E-state index in [1.807, 2.05) is 67.6 Å². The highest BCUT2D eigenvalue weighted by molar-refractivity contribution is 6.33. The molecular formula is C26H22ClN3O2. The average Bonchev–Trinajstić information content (AvgIpc) is 2.80. The van der Waals surface area contributed by atoms with E-state index in [-0.39, 0.29) is 18.2 Å². The number of rotatable bonds is 6. The van der Waals surface area contributed by atoms with Crippen LogP contribution in [0.2, 0.25) is 5.02 Å². The van der Waals surface area contributed by atoms with Crippen LogP contribution in [0.15, 0.2) is 84.9 Å². The molecule has 0 aliphatic heterocycles. The smallest absolute Gasteiger partial charge is 0.253 e. The Morgan fingerprint density at radius 2 is 1.66 bits per heavy atom. The molecule has 0 aliphatic rings. The molecule has 4 rings (SSSR count). The Kier molecular flexibility index (Phi) is 6.47. The molecule has 1 atom stereocenters. The standard InChI is InChI=1S/C26H22ClN3O2/c1-17-14-15-19-10-7-13-22(25(19)28-17)29-24(31)16-23(18-8-3-2-4-9-18)30-26(32)20-11-5-6-12-21(20)27/h2-15,23H,16H2,1H3,(H,29,31)(H,30,32). The second kappa shape index (κ2) is 9.62. The van der Waals surface area contributed by atoms with E-state index in [4.69, 9.17) is 11.6 Å². The van der Waals surface area contributed by atoms with Crippen molar-refractivity contribution < 1.29 is 9.59 Å². The Hall–Kier alpha value is -3.70. The van der Waals surface area contributed by atoms with Gasteiger partial charge in [0, 0.05) is 11.1 Å². The van der Waals surface area contributed by atoms with Gasteiger partial charge in [-0.05, 0) is 36.8 Å². The minimum Gasteiger partial charge on any atom is -0.345 e. The molecular weight excluding hydrogens is 422 g/mol. The fraction of sp³-hybridized carbons (Fsp3) is 0.115. The lowest BCUT2D eigenvalue weighted by molar-refractivity contribution is -0.116. The molecule has 0 radical (unpaired) electrons. The number of carbonyl (C=O) groups is 2. The number of aryl methyl sites for hydroxylation is 1. The Morgan fingerprint density at radius 1 is 0.906 bits per heavy atom. The third kappa shape index (κ3) is 4.95. The third-order valence-corrected chi connectivity index (χ3v) is 5.48. The Labute approximate surface area is 191 Å². The number of hydrogen-bond acceptors (Lipinski definition) is 3. The van der Waals surface area contributed by atoms with E-state index in [2.05, 4.69) is 15.6 Å². The topological polar surface area (TPSA) is 71.1 Å². The quantitative estimate of drug-likeness (QED) is 0.401. The average molecular weight is 444 g/mol. The highest BCUT2D eigenvalue weighted by Gasteiger charge is 2.21. The van der Waals surface area contributed by atoms with Crippen molar-refractivity contribution in [3.8, 4) is 0 Å². The maximum Gasteiger partial charge on any atom is 0.253 e. The van der Waals surface area contributed by atoms with E-state index in [0.717, 1.165) is 22.2 Å². The van der Waals surface area contributed by atoms with Crippen molar-refractivity contribution in [2.75, 3.05) is 5.32 Å². The van der Waals surface area contributed by atoms with E-state index in [9.17, 15) is 9.59 Å². The molecule has 3 aromatic carbocycles. The van der Waals surface area contributed by atoms with Gasteiger partial charge in [-0.25, -0.2) is 0 Å². The molecule has 32 heavy (non-hydrogen) atoms. The summed E-state index contributed by atoms with van der Waals surface area (Å²) in [6, 6.07) is 25.3. The van der Waals surface area contributed by atoms with Gasteiger partial charge in [0.1, 0.15) is 0 Å². The molecule has 0 saturated carbocycles. The van der Waals surface area contributed by atoms with Crippen LogP contribution in [0.4, 0.5) is 5.69 Å². The van der Waals surface area contributed by atoms with Crippen LogP contribution in [0.1, 0.15) is 34.1 Å². The zero-order chi connectivity index (χ0) is 22.5. The second-order valence-corrected chi connectivity index (χ2v) is 7.91. The number of fused-ring (bicyclic) bond motifs is 1. The number of halogens is 1. The number of pyridine rings is 1. The molecule has 1 aromatic heterocycles. The van der Waals surface area contributed by atoms with Gasteiger partial charge in [0.25, 0.3) is 5.91 Å². The highest BCUT2D eigenvalue weighted by Crippen LogP contribution is 2.24. The first-order valence-corrected chi connectivity index (χ1v) is 10.7. The van der Waals surface area contributed by atoms with Crippen LogP contribution < -0.4 is 10.6 Å². The van der Waals surface area contributed by atoms with E-state index in [1.165, 1.54) is 0 Å². The van der Waals surface area contributed by atoms with Gasteiger partial charge in [-0.2, -0.15) is 0 Å². The number of nitrogens with one attached hydrogen (secondary N) is 2. The molecule has 0 bridgehead atoms. The molecule has 6 heteroatoms. The summed E-state index contributed by atoms with van der Waals surface area (Å²) < 4.78 is 0. The predicted molar refractivity (Wildman–Crippen MR) is 128 cm³/mol. The molecule has 4 aromatic rings. The van der Waals surface area contributed by atoms with E-state index in [0.29, 0.717) is 16.3 Å². The van der Waals surface area contributed by atoms with Crippen LogP contribution >= 0.6 is 11.6 Å². The van der Waals surface area contributed by atoms with Crippen molar-refractivity contribution in [2.24, 2.45) is 0 Å². The number of carbonyl (C=O) groups excluding carboxylic acids is 2. The SMILES string of the molecule is Cc1ccc2cccc(NC(=O)CC(NC(=O)c3ccccc3Cl)c3ccccc3)c2n1. The van der Waals surface area contributed by atoms with Crippen molar-refractivity contribution >= 4 is 40.0 Å². The number of aromatic nitrogens is 1. The monoisotopic (exact) mass is 443 g/mol. The largest absolute Gasteiger partial charge is 0.345 e. The molecule has 0 spiro atoms. The van der Waals surface area contributed by atoms with Crippen LogP contribution in [-0.4, -0.2) is 16.8 Å². The number of anilines is 1. The summed E-state index contributed by atoms with van der Waals surface area (Å²) in [4.78, 5) is 30.4. The number of amides is 2. The van der Waals surface area contributed by atoms with Gasteiger partial charge in [0.15, 0.2) is 0 Å². The molecule has 0 aliphatic carbocycles. The zero-order valence-corrected chi connectivity index (χ0v) is 18.3. The van der Waals surface area contributed by atoms with Crippen molar-refractivity contribution in [3.63, 3.8) is 0 Å². The number of para-hydroxylation sites is 1. The lowest BCUT2D eigenvalue weighted by Crippen LogP contribution is -2.31. The van der Waals surface area contributed by atoms with Crippen LogP contribution in [0.3, 0.4) is 0 Å². The van der Waals surface area contributed by atoms with Gasteiger partial charge < -0.3 is 10.6 Å². The van der Waals surface area contributed by atoms with E-state index >= 15 is 0 Å². The minimum atomic E-state index is -0.523. The normalized spacial score (nSPS) is 11.7. The molecule has 1 unspecified atom stereocenters. The summed E-state index contributed by atoms with van der Waals surface area (Å²) in [5.41, 5.74) is 3.44. The lowest BCUT2D eigenvalue weighted by Gasteiger charge is -2.20. The molecule has 160 valence electrons. The molecule has 1 heterocycles. The maximum atomic E-state index is 13.0. The predicted octanol–water partition coefficient (Wildman–Crippen LogP) is 5.70. The van der Waals surface area contributed by atoms with Crippen LogP contribution in [0.5, 0.6) is 0 Å². The van der Waals surface area contributed by atoms with E-state index in [1.54, 1.807) is 24.3 Å².